The van der Waals surface area contributed by atoms with Crippen LogP contribution in [0.4, 0.5) is 18.9 Å². The number of carbonyl (C=O) groups excluding carboxylic acids is 2. The summed E-state index contributed by atoms with van der Waals surface area (Å²) in [4.78, 5) is 23.4. The molecule has 1 saturated heterocycles. The molecule has 2 N–H and O–H groups in total. The zero-order valence-corrected chi connectivity index (χ0v) is 10.5. The van der Waals surface area contributed by atoms with E-state index < -0.39 is 29.5 Å². The van der Waals surface area contributed by atoms with Crippen molar-refractivity contribution in [3.8, 4) is 0 Å². The fourth-order valence-electron chi connectivity index (χ4n) is 2.08. The molecule has 1 aliphatic rings. The summed E-state index contributed by atoms with van der Waals surface area (Å²) in [6, 6.07) is 4.69. The van der Waals surface area contributed by atoms with E-state index in [0.717, 1.165) is 6.07 Å². The van der Waals surface area contributed by atoms with E-state index in [0.29, 0.717) is 19.4 Å². The highest BCUT2D eigenvalue weighted by molar-refractivity contribution is 6.07. The van der Waals surface area contributed by atoms with Gasteiger partial charge in [0.15, 0.2) is 0 Å². The van der Waals surface area contributed by atoms with Gasteiger partial charge in [0.1, 0.15) is 5.92 Å². The Hall–Kier alpha value is -2.05. The molecule has 1 atom stereocenters. The van der Waals surface area contributed by atoms with E-state index in [-0.39, 0.29) is 5.69 Å². The van der Waals surface area contributed by atoms with E-state index in [1.165, 1.54) is 18.2 Å². The largest absolute Gasteiger partial charge is 0.418 e. The van der Waals surface area contributed by atoms with Crippen LogP contribution >= 0.6 is 0 Å². The first-order valence-corrected chi connectivity index (χ1v) is 6.14. The number of amides is 2. The molecule has 0 saturated carbocycles. The molecule has 7 heteroatoms. The van der Waals surface area contributed by atoms with Crippen LogP contribution < -0.4 is 10.6 Å². The fourth-order valence-corrected chi connectivity index (χ4v) is 2.08. The summed E-state index contributed by atoms with van der Waals surface area (Å²) in [6.45, 7) is 0.488. The van der Waals surface area contributed by atoms with Crippen molar-refractivity contribution in [1.82, 2.24) is 5.32 Å². The Morgan fingerprint density at radius 2 is 2.00 bits per heavy atom. The SMILES string of the molecule is O=C1NCCC[C@@H]1C(=O)Nc1ccccc1C(F)(F)F. The number of alkyl halides is 3. The molecule has 0 bridgehead atoms. The molecule has 2 rings (SSSR count). The van der Waals surface area contributed by atoms with Crippen LogP contribution in [0.25, 0.3) is 0 Å². The van der Waals surface area contributed by atoms with Crippen LogP contribution in [0.2, 0.25) is 0 Å². The van der Waals surface area contributed by atoms with Crippen molar-refractivity contribution >= 4 is 17.5 Å². The van der Waals surface area contributed by atoms with E-state index in [4.69, 9.17) is 0 Å². The molecular formula is C13H13F3N2O2. The maximum atomic E-state index is 12.8. The van der Waals surface area contributed by atoms with Crippen LogP contribution in [-0.4, -0.2) is 18.4 Å². The lowest BCUT2D eigenvalue weighted by Gasteiger charge is -2.22. The van der Waals surface area contributed by atoms with Crippen LogP contribution in [-0.2, 0) is 15.8 Å². The monoisotopic (exact) mass is 286 g/mol. The number of nitrogens with one attached hydrogen (secondary N) is 2. The Bertz CT molecular complexity index is 529. The highest BCUT2D eigenvalue weighted by Crippen LogP contribution is 2.34. The average molecular weight is 286 g/mol. The standard InChI is InChI=1S/C13H13F3N2O2/c14-13(15,16)9-5-1-2-6-10(9)18-12(20)8-4-3-7-17-11(8)19/h1-2,5-6,8H,3-4,7H2,(H,17,19)(H,18,20)/t8-/m0/s1. The zero-order chi connectivity index (χ0) is 14.8. The second kappa shape index (κ2) is 5.52. The van der Waals surface area contributed by atoms with Crippen molar-refractivity contribution in [2.24, 2.45) is 5.92 Å². The Balaban J connectivity index is 2.18. The quantitative estimate of drug-likeness (QED) is 0.819. The molecule has 0 spiro atoms. The minimum absolute atomic E-state index is 0.330. The van der Waals surface area contributed by atoms with E-state index in [2.05, 4.69) is 10.6 Å². The number of halogens is 3. The first kappa shape index (κ1) is 14.4. The molecule has 1 aliphatic heterocycles. The summed E-state index contributed by atoms with van der Waals surface area (Å²) in [7, 11) is 0. The van der Waals surface area contributed by atoms with Gasteiger partial charge in [0.2, 0.25) is 11.8 Å². The molecule has 1 fully saturated rings. The molecule has 0 unspecified atom stereocenters. The van der Waals surface area contributed by atoms with E-state index in [1.54, 1.807) is 0 Å². The molecular weight excluding hydrogens is 273 g/mol. The Labute approximate surface area is 113 Å². The molecule has 108 valence electrons. The minimum atomic E-state index is -4.56. The third kappa shape index (κ3) is 3.09. The second-order valence-electron chi connectivity index (χ2n) is 4.52. The predicted octanol–water partition coefficient (Wildman–Crippen LogP) is 2.17. The van der Waals surface area contributed by atoms with Crippen molar-refractivity contribution in [2.75, 3.05) is 11.9 Å². The molecule has 1 aromatic rings. The third-order valence-corrected chi connectivity index (χ3v) is 3.09. The summed E-state index contributed by atoms with van der Waals surface area (Å²) < 4.78 is 38.4. The van der Waals surface area contributed by atoms with Crippen molar-refractivity contribution in [3.63, 3.8) is 0 Å². The summed E-state index contributed by atoms with van der Waals surface area (Å²) >= 11 is 0. The smallest absolute Gasteiger partial charge is 0.355 e. The van der Waals surface area contributed by atoms with E-state index in [9.17, 15) is 22.8 Å². The van der Waals surface area contributed by atoms with Gasteiger partial charge < -0.3 is 10.6 Å². The van der Waals surface area contributed by atoms with Crippen molar-refractivity contribution in [1.29, 1.82) is 0 Å². The van der Waals surface area contributed by atoms with Crippen LogP contribution in [0.3, 0.4) is 0 Å². The summed E-state index contributed by atoms with van der Waals surface area (Å²) in [6.07, 6.45) is -3.59. The highest BCUT2D eigenvalue weighted by Gasteiger charge is 2.35. The van der Waals surface area contributed by atoms with Gasteiger partial charge in [-0.25, -0.2) is 0 Å². The van der Waals surface area contributed by atoms with Crippen molar-refractivity contribution in [2.45, 2.75) is 19.0 Å². The third-order valence-electron chi connectivity index (χ3n) is 3.09. The molecule has 0 radical (unpaired) electrons. The first-order chi connectivity index (χ1) is 9.39. The van der Waals surface area contributed by atoms with Crippen LogP contribution in [0.1, 0.15) is 18.4 Å². The number of carbonyl (C=O) groups is 2. The molecule has 4 nitrogen and oxygen atoms in total. The van der Waals surface area contributed by atoms with Gasteiger partial charge in [0.05, 0.1) is 11.3 Å². The lowest BCUT2D eigenvalue weighted by atomic mass is 9.97. The van der Waals surface area contributed by atoms with Gasteiger partial charge in [-0.15, -0.1) is 0 Å². The number of rotatable bonds is 2. The van der Waals surface area contributed by atoms with Crippen LogP contribution in [0, 0.1) is 5.92 Å². The maximum absolute atomic E-state index is 12.8. The summed E-state index contributed by atoms with van der Waals surface area (Å²) in [5.74, 6) is -2.10. The lowest BCUT2D eigenvalue weighted by Crippen LogP contribution is -2.42. The number of para-hydroxylation sites is 1. The van der Waals surface area contributed by atoms with Gasteiger partial charge in [-0.05, 0) is 25.0 Å². The van der Waals surface area contributed by atoms with E-state index >= 15 is 0 Å². The summed E-state index contributed by atoms with van der Waals surface area (Å²) in [5, 5.41) is 4.72. The highest BCUT2D eigenvalue weighted by atomic mass is 19.4. The fraction of sp³-hybridized carbons (Fsp3) is 0.385. The Kier molecular flexibility index (Phi) is 3.96. The normalized spacial score (nSPS) is 19.4. The number of benzene rings is 1. The zero-order valence-electron chi connectivity index (χ0n) is 10.5. The number of anilines is 1. The van der Waals surface area contributed by atoms with Gasteiger partial charge in [-0.3, -0.25) is 9.59 Å². The van der Waals surface area contributed by atoms with Crippen molar-refractivity contribution < 1.29 is 22.8 Å². The maximum Gasteiger partial charge on any atom is 0.418 e. The Morgan fingerprint density at radius 1 is 1.30 bits per heavy atom. The van der Waals surface area contributed by atoms with Crippen LogP contribution in [0.5, 0.6) is 0 Å². The summed E-state index contributed by atoms with van der Waals surface area (Å²) in [5.41, 5.74) is -1.26. The predicted molar refractivity (Wildman–Crippen MR) is 65.8 cm³/mol. The molecule has 2 amide bonds. The van der Waals surface area contributed by atoms with E-state index in [1.807, 2.05) is 0 Å². The Morgan fingerprint density at radius 3 is 2.65 bits per heavy atom. The molecule has 20 heavy (non-hydrogen) atoms. The molecule has 1 heterocycles. The number of hydrogen-bond acceptors (Lipinski definition) is 2. The molecule has 1 aromatic carbocycles. The number of hydrogen-bond donors (Lipinski definition) is 2. The average Bonchev–Trinajstić information content (AvgIpc) is 2.38. The van der Waals surface area contributed by atoms with Gasteiger partial charge >= 0.3 is 6.18 Å². The second-order valence-corrected chi connectivity index (χ2v) is 4.52. The first-order valence-electron chi connectivity index (χ1n) is 6.14. The van der Waals surface area contributed by atoms with Gasteiger partial charge in [-0.2, -0.15) is 13.2 Å². The molecule has 0 aliphatic carbocycles. The van der Waals surface area contributed by atoms with Gasteiger partial charge in [0.25, 0.3) is 0 Å². The molecule has 0 aromatic heterocycles. The lowest BCUT2D eigenvalue weighted by molar-refractivity contribution is -0.137. The van der Waals surface area contributed by atoms with Crippen molar-refractivity contribution in [3.05, 3.63) is 29.8 Å². The topological polar surface area (TPSA) is 58.2 Å². The minimum Gasteiger partial charge on any atom is -0.355 e. The van der Waals surface area contributed by atoms with Gasteiger partial charge in [-0.1, -0.05) is 12.1 Å². The van der Waals surface area contributed by atoms with Gasteiger partial charge in [0, 0.05) is 6.54 Å². The van der Waals surface area contributed by atoms with Crippen LogP contribution in [0.15, 0.2) is 24.3 Å². The number of piperidine rings is 1.